The summed E-state index contributed by atoms with van der Waals surface area (Å²) in [5.74, 6) is -0.932. The van der Waals surface area contributed by atoms with Gasteiger partial charge in [-0.05, 0) is 53.6 Å². The van der Waals surface area contributed by atoms with E-state index < -0.39 is 24.1 Å². The number of urea groups is 1. The molecule has 0 radical (unpaired) electrons. The predicted molar refractivity (Wildman–Crippen MR) is 111 cm³/mol. The number of hydrogen-bond acceptors (Lipinski definition) is 4. The number of halogens is 4. The van der Waals surface area contributed by atoms with E-state index >= 15 is 0 Å². The lowest BCUT2D eigenvalue weighted by Gasteiger charge is -2.19. The Morgan fingerprint density at radius 2 is 1.81 bits per heavy atom. The number of ether oxygens (including phenoxy) is 1. The number of rotatable bonds is 5. The summed E-state index contributed by atoms with van der Waals surface area (Å²) in [6.45, 7) is -0.0301. The summed E-state index contributed by atoms with van der Waals surface area (Å²) in [4.78, 5) is 31.9. The minimum absolute atomic E-state index is 0.140. The van der Waals surface area contributed by atoms with E-state index in [2.05, 4.69) is 9.72 Å². The Hall–Kier alpha value is -3.59. The average molecular weight is 462 g/mol. The quantitative estimate of drug-likeness (QED) is 0.486. The van der Waals surface area contributed by atoms with Crippen molar-refractivity contribution >= 4 is 29.2 Å². The van der Waals surface area contributed by atoms with Crippen LogP contribution < -0.4 is 9.64 Å². The predicted octanol–water partition coefficient (Wildman–Crippen LogP) is 5.27. The molecule has 4 rings (SSSR count). The maximum absolute atomic E-state index is 12.9. The van der Waals surface area contributed by atoms with Gasteiger partial charge in [0, 0.05) is 29.5 Å². The van der Waals surface area contributed by atoms with Crippen molar-refractivity contribution in [2.24, 2.45) is 0 Å². The summed E-state index contributed by atoms with van der Waals surface area (Å²) in [5, 5.41) is 0.550. The Morgan fingerprint density at radius 1 is 1.06 bits per heavy atom. The van der Waals surface area contributed by atoms with Gasteiger partial charge in [-0.3, -0.25) is 9.78 Å². The Morgan fingerprint density at radius 3 is 2.50 bits per heavy atom. The minimum Gasteiger partial charge on any atom is -0.406 e. The SMILES string of the molecule is O=C1CN(Cc2ccncc2-c2cccc(Cl)c2)C(=O)N1c1ccc(OC(F)(F)F)cc1. The van der Waals surface area contributed by atoms with Crippen LogP contribution in [0.25, 0.3) is 11.1 Å². The van der Waals surface area contributed by atoms with E-state index in [1.54, 1.807) is 36.7 Å². The fraction of sp³-hybridized carbons (Fsp3) is 0.136. The number of imide groups is 1. The van der Waals surface area contributed by atoms with Crippen molar-refractivity contribution in [3.8, 4) is 16.9 Å². The zero-order valence-corrected chi connectivity index (χ0v) is 17.1. The third-order valence-corrected chi connectivity index (χ3v) is 5.01. The third-order valence-electron chi connectivity index (χ3n) is 4.77. The lowest BCUT2D eigenvalue weighted by Crippen LogP contribution is -2.32. The van der Waals surface area contributed by atoms with Crippen molar-refractivity contribution in [1.82, 2.24) is 9.88 Å². The fourth-order valence-corrected chi connectivity index (χ4v) is 3.60. The van der Waals surface area contributed by atoms with E-state index in [-0.39, 0.29) is 18.8 Å². The number of hydrogen-bond donors (Lipinski definition) is 0. The van der Waals surface area contributed by atoms with E-state index in [0.717, 1.165) is 33.7 Å². The number of nitrogens with zero attached hydrogens (tertiary/aromatic N) is 3. The number of anilines is 1. The highest BCUT2D eigenvalue weighted by molar-refractivity contribution is 6.30. The number of amides is 3. The number of carbonyl (C=O) groups excluding carboxylic acids is 2. The topological polar surface area (TPSA) is 62.7 Å². The molecule has 0 spiro atoms. The molecule has 1 aliphatic heterocycles. The lowest BCUT2D eigenvalue weighted by molar-refractivity contribution is -0.274. The summed E-state index contributed by atoms with van der Waals surface area (Å²) in [6, 6.07) is 12.9. The highest BCUT2D eigenvalue weighted by Crippen LogP contribution is 2.30. The van der Waals surface area contributed by atoms with Gasteiger partial charge >= 0.3 is 12.4 Å². The van der Waals surface area contributed by atoms with Crippen molar-refractivity contribution in [2.45, 2.75) is 12.9 Å². The van der Waals surface area contributed by atoms with Gasteiger partial charge in [0.15, 0.2) is 0 Å². The van der Waals surface area contributed by atoms with E-state index in [4.69, 9.17) is 11.6 Å². The van der Waals surface area contributed by atoms with Crippen LogP contribution in [0.2, 0.25) is 5.02 Å². The standard InChI is InChI=1S/C22H15ClF3N3O3/c23-16-3-1-2-14(10-16)19-11-27-9-8-15(19)12-28-13-20(30)29(21(28)31)17-4-6-18(7-5-17)32-22(24,25)26/h1-11H,12-13H2. The van der Waals surface area contributed by atoms with E-state index in [1.807, 2.05) is 6.07 Å². The first kappa shape index (κ1) is 21.6. The molecule has 0 bridgehead atoms. The second-order valence-electron chi connectivity index (χ2n) is 6.95. The van der Waals surface area contributed by atoms with Crippen molar-refractivity contribution in [3.05, 3.63) is 77.6 Å². The zero-order chi connectivity index (χ0) is 22.9. The molecule has 6 nitrogen and oxygen atoms in total. The maximum atomic E-state index is 12.9. The molecule has 1 aliphatic rings. The summed E-state index contributed by atoms with van der Waals surface area (Å²) >= 11 is 6.09. The molecule has 2 heterocycles. The summed E-state index contributed by atoms with van der Waals surface area (Å²) in [7, 11) is 0. The fourth-order valence-electron chi connectivity index (χ4n) is 3.41. The molecule has 0 aliphatic carbocycles. The lowest BCUT2D eigenvalue weighted by atomic mass is 10.0. The number of carbonyl (C=O) groups is 2. The summed E-state index contributed by atoms with van der Waals surface area (Å²) in [6.07, 6.45) is -1.59. The molecule has 1 fully saturated rings. The highest BCUT2D eigenvalue weighted by Gasteiger charge is 2.37. The van der Waals surface area contributed by atoms with Gasteiger partial charge in [0.2, 0.25) is 0 Å². The first-order chi connectivity index (χ1) is 15.2. The summed E-state index contributed by atoms with van der Waals surface area (Å²) in [5.41, 5.74) is 2.50. The van der Waals surface area contributed by atoms with Gasteiger partial charge in [-0.2, -0.15) is 0 Å². The van der Waals surface area contributed by atoms with Crippen LogP contribution in [0.15, 0.2) is 67.0 Å². The van der Waals surface area contributed by atoms with Crippen LogP contribution in [0.3, 0.4) is 0 Å². The molecule has 2 aromatic carbocycles. The molecule has 0 saturated carbocycles. The van der Waals surface area contributed by atoms with Crippen LogP contribution in [0.1, 0.15) is 5.56 Å². The molecule has 0 unspecified atom stereocenters. The maximum Gasteiger partial charge on any atom is 0.573 e. The number of benzene rings is 2. The van der Waals surface area contributed by atoms with Crippen molar-refractivity contribution in [2.75, 3.05) is 11.4 Å². The van der Waals surface area contributed by atoms with Crippen molar-refractivity contribution in [3.63, 3.8) is 0 Å². The molecule has 3 aromatic rings. The van der Waals surface area contributed by atoms with Crippen LogP contribution >= 0.6 is 11.6 Å². The molecule has 0 N–H and O–H groups in total. The van der Waals surface area contributed by atoms with E-state index in [0.29, 0.717) is 5.02 Å². The first-order valence-electron chi connectivity index (χ1n) is 9.38. The van der Waals surface area contributed by atoms with Crippen LogP contribution in [-0.4, -0.2) is 34.7 Å². The Labute approximate surface area is 185 Å². The molecule has 1 aromatic heterocycles. The van der Waals surface area contributed by atoms with E-state index in [1.165, 1.54) is 17.0 Å². The highest BCUT2D eigenvalue weighted by atomic mass is 35.5. The van der Waals surface area contributed by atoms with Gasteiger partial charge in [-0.1, -0.05) is 23.7 Å². The Balaban J connectivity index is 1.55. The van der Waals surface area contributed by atoms with Gasteiger partial charge in [0.25, 0.3) is 5.91 Å². The third kappa shape index (κ3) is 4.67. The average Bonchev–Trinajstić information content (AvgIpc) is 3.01. The van der Waals surface area contributed by atoms with Crippen molar-refractivity contribution < 1.29 is 27.5 Å². The largest absolute Gasteiger partial charge is 0.573 e. The molecule has 164 valence electrons. The van der Waals surface area contributed by atoms with Gasteiger partial charge in [-0.25, -0.2) is 9.69 Å². The molecule has 3 amide bonds. The zero-order valence-electron chi connectivity index (χ0n) is 16.3. The van der Waals surface area contributed by atoms with Crippen LogP contribution in [0, 0.1) is 0 Å². The molecule has 32 heavy (non-hydrogen) atoms. The number of pyridine rings is 1. The second kappa shape index (κ2) is 8.51. The second-order valence-corrected chi connectivity index (χ2v) is 7.39. The van der Waals surface area contributed by atoms with Crippen LogP contribution in [0.5, 0.6) is 5.75 Å². The number of alkyl halides is 3. The van der Waals surface area contributed by atoms with Crippen LogP contribution in [-0.2, 0) is 11.3 Å². The van der Waals surface area contributed by atoms with Crippen molar-refractivity contribution in [1.29, 1.82) is 0 Å². The molecular formula is C22H15ClF3N3O3. The molecular weight excluding hydrogens is 447 g/mol. The monoisotopic (exact) mass is 461 g/mol. The number of aromatic nitrogens is 1. The Kier molecular flexibility index (Phi) is 5.75. The van der Waals surface area contributed by atoms with Gasteiger partial charge < -0.3 is 9.64 Å². The molecule has 10 heteroatoms. The molecule has 1 saturated heterocycles. The van der Waals surface area contributed by atoms with Gasteiger partial charge in [0.1, 0.15) is 12.3 Å². The first-order valence-corrected chi connectivity index (χ1v) is 9.75. The van der Waals surface area contributed by atoms with Gasteiger partial charge in [0.05, 0.1) is 5.69 Å². The van der Waals surface area contributed by atoms with Gasteiger partial charge in [-0.15, -0.1) is 13.2 Å². The van der Waals surface area contributed by atoms with E-state index in [9.17, 15) is 22.8 Å². The minimum atomic E-state index is -4.83. The van der Waals surface area contributed by atoms with Crippen LogP contribution in [0.4, 0.5) is 23.7 Å². The Bertz CT molecular complexity index is 1170. The molecule has 0 atom stereocenters. The smallest absolute Gasteiger partial charge is 0.406 e. The normalized spacial score (nSPS) is 14.2. The summed E-state index contributed by atoms with van der Waals surface area (Å²) < 4.78 is 40.9.